The highest BCUT2D eigenvalue weighted by Gasteiger charge is 2.16. The Labute approximate surface area is 164 Å². The Morgan fingerprint density at radius 2 is 1.93 bits per heavy atom. The van der Waals surface area contributed by atoms with Gasteiger partial charge in [-0.1, -0.05) is 29.0 Å². The second-order valence-corrected chi connectivity index (χ2v) is 6.95. The zero-order valence-corrected chi connectivity index (χ0v) is 16.3. The van der Waals surface area contributed by atoms with E-state index < -0.39 is 11.9 Å². The van der Waals surface area contributed by atoms with Crippen LogP contribution in [-0.2, 0) is 16.1 Å². The molecule has 3 rings (SSSR count). The predicted octanol–water partition coefficient (Wildman–Crippen LogP) is 3.67. The largest absolute Gasteiger partial charge is 0.495 e. The Balaban J connectivity index is 2.14. The molecule has 0 bridgehead atoms. The molecule has 3 aromatic rings. The molecule has 2 aromatic carbocycles. The highest BCUT2D eigenvalue weighted by atomic mass is 35.5. The van der Waals surface area contributed by atoms with Crippen molar-refractivity contribution in [3.8, 4) is 5.75 Å². The number of thiazole rings is 1. The molecule has 0 unspecified atom stereocenters. The summed E-state index contributed by atoms with van der Waals surface area (Å²) in [4.78, 5) is 29.2. The van der Waals surface area contributed by atoms with Crippen LogP contribution in [0.2, 0.25) is 5.02 Å². The van der Waals surface area contributed by atoms with Gasteiger partial charge in [0.15, 0.2) is 4.80 Å². The van der Waals surface area contributed by atoms with Crippen LogP contribution in [0.5, 0.6) is 5.75 Å². The van der Waals surface area contributed by atoms with Gasteiger partial charge in [0.05, 0.1) is 18.4 Å². The molecule has 1 amide bonds. The second kappa shape index (κ2) is 8.37. The first-order chi connectivity index (χ1) is 13.0. The molecule has 6 nitrogen and oxygen atoms in total. The fourth-order valence-corrected chi connectivity index (χ4v) is 3.75. The normalized spacial score (nSPS) is 11.6. The molecule has 8 heteroatoms. The van der Waals surface area contributed by atoms with Crippen molar-refractivity contribution in [1.82, 2.24) is 4.57 Å². The molecule has 0 saturated heterocycles. The first-order valence-corrected chi connectivity index (χ1v) is 9.39. The van der Waals surface area contributed by atoms with Gasteiger partial charge in [-0.15, -0.1) is 0 Å². The smallest absolute Gasteiger partial charge is 0.326 e. The Hall–Kier alpha value is -2.64. The third-order valence-electron chi connectivity index (χ3n) is 3.76. The number of amides is 1. The van der Waals surface area contributed by atoms with Crippen LogP contribution in [0.1, 0.15) is 17.3 Å². The average Bonchev–Trinajstić information content (AvgIpc) is 2.99. The summed E-state index contributed by atoms with van der Waals surface area (Å²) in [5.74, 6) is -0.244. The van der Waals surface area contributed by atoms with Crippen molar-refractivity contribution < 1.29 is 19.1 Å². The van der Waals surface area contributed by atoms with E-state index in [4.69, 9.17) is 21.1 Å². The fraction of sp³-hybridized carbons (Fsp3) is 0.211. The summed E-state index contributed by atoms with van der Waals surface area (Å²) in [7, 11) is 1.55. The lowest BCUT2D eigenvalue weighted by atomic mass is 10.2. The van der Waals surface area contributed by atoms with E-state index in [1.807, 2.05) is 12.1 Å². The Morgan fingerprint density at radius 3 is 2.59 bits per heavy atom. The minimum atomic E-state index is -0.421. The van der Waals surface area contributed by atoms with Crippen molar-refractivity contribution in [1.29, 1.82) is 0 Å². The third kappa shape index (κ3) is 4.20. The number of para-hydroxylation sites is 1. The molecular weight excluding hydrogens is 388 g/mol. The number of hydrogen-bond acceptors (Lipinski definition) is 5. The molecule has 140 valence electrons. The lowest BCUT2D eigenvalue weighted by Gasteiger charge is -2.08. The van der Waals surface area contributed by atoms with E-state index in [1.165, 1.54) is 11.3 Å². The van der Waals surface area contributed by atoms with Crippen LogP contribution in [0.25, 0.3) is 10.2 Å². The molecule has 0 aliphatic carbocycles. The molecule has 0 spiro atoms. The highest BCUT2D eigenvalue weighted by Crippen LogP contribution is 2.27. The Kier molecular flexibility index (Phi) is 5.93. The van der Waals surface area contributed by atoms with E-state index in [1.54, 1.807) is 48.9 Å². The van der Waals surface area contributed by atoms with Crippen molar-refractivity contribution in [2.75, 3.05) is 13.7 Å². The minimum absolute atomic E-state index is 0.0685. The molecule has 0 fully saturated rings. The number of nitrogens with zero attached hydrogens (tertiary/aromatic N) is 2. The molecule has 0 atom stereocenters. The predicted molar refractivity (Wildman–Crippen MR) is 104 cm³/mol. The van der Waals surface area contributed by atoms with E-state index >= 15 is 0 Å². The van der Waals surface area contributed by atoms with E-state index in [2.05, 4.69) is 4.99 Å². The van der Waals surface area contributed by atoms with Crippen molar-refractivity contribution in [2.45, 2.75) is 13.5 Å². The Morgan fingerprint density at radius 1 is 1.19 bits per heavy atom. The molecule has 1 heterocycles. The number of carbonyl (C=O) groups is 2. The van der Waals surface area contributed by atoms with Crippen LogP contribution in [0.4, 0.5) is 0 Å². The SMILES string of the molecule is CCOC(=O)Cn1c(=NC(=O)c2ccc(Cl)cc2)sc2cccc(OC)c21. The van der Waals surface area contributed by atoms with Crippen molar-refractivity contribution in [2.24, 2.45) is 4.99 Å². The minimum Gasteiger partial charge on any atom is -0.495 e. The van der Waals surface area contributed by atoms with Gasteiger partial charge >= 0.3 is 5.97 Å². The van der Waals surface area contributed by atoms with E-state index in [9.17, 15) is 9.59 Å². The van der Waals surface area contributed by atoms with Crippen LogP contribution in [0.15, 0.2) is 47.5 Å². The van der Waals surface area contributed by atoms with Gasteiger partial charge in [-0.25, -0.2) is 0 Å². The molecule has 27 heavy (non-hydrogen) atoms. The van der Waals surface area contributed by atoms with Crippen molar-refractivity contribution in [3.63, 3.8) is 0 Å². The van der Waals surface area contributed by atoms with Gasteiger partial charge in [0.1, 0.15) is 17.8 Å². The van der Waals surface area contributed by atoms with Gasteiger partial charge in [-0.3, -0.25) is 9.59 Å². The number of fused-ring (bicyclic) bond motifs is 1. The zero-order valence-electron chi connectivity index (χ0n) is 14.8. The standard InChI is InChI=1S/C19H17ClN2O4S/c1-3-26-16(23)11-22-17-14(25-2)5-4-6-15(17)27-19(22)21-18(24)12-7-9-13(20)10-8-12/h4-10H,3,11H2,1-2H3. The summed E-state index contributed by atoms with van der Waals surface area (Å²) in [6, 6.07) is 12.0. The number of hydrogen-bond donors (Lipinski definition) is 0. The summed E-state index contributed by atoms with van der Waals surface area (Å²) < 4.78 is 13.0. The molecule has 0 N–H and O–H groups in total. The topological polar surface area (TPSA) is 69.9 Å². The van der Waals surface area contributed by atoms with E-state index in [0.717, 1.165) is 4.70 Å². The number of carbonyl (C=O) groups excluding carboxylic acids is 2. The van der Waals surface area contributed by atoms with Crippen LogP contribution >= 0.6 is 22.9 Å². The number of methoxy groups -OCH3 is 1. The molecule has 0 aliphatic rings. The zero-order chi connectivity index (χ0) is 19.4. The number of ether oxygens (including phenoxy) is 2. The number of aromatic nitrogens is 1. The summed E-state index contributed by atoms with van der Waals surface area (Å²) in [6.07, 6.45) is 0. The van der Waals surface area contributed by atoms with Crippen LogP contribution in [-0.4, -0.2) is 30.2 Å². The Bertz CT molecular complexity index is 1050. The van der Waals surface area contributed by atoms with Gasteiger partial charge in [0.25, 0.3) is 5.91 Å². The first kappa shape index (κ1) is 19.1. The van der Waals surface area contributed by atoms with E-state index in [-0.39, 0.29) is 13.2 Å². The van der Waals surface area contributed by atoms with Crippen LogP contribution < -0.4 is 9.54 Å². The van der Waals surface area contributed by atoms with E-state index in [0.29, 0.717) is 26.7 Å². The first-order valence-electron chi connectivity index (χ1n) is 8.20. The number of halogens is 1. The molecule has 0 saturated carbocycles. The summed E-state index contributed by atoms with van der Waals surface area (Å²) in [6.45, 7) is 1.94. The summed E-state index contributed by atoms with van der Waals surface area (Å²) in [5.41, 5.74) is 1.10. The maximum Gasteiger partial charge on any atom is 0.326 e. The maximum atomic E-state index is 12.6. The van der Waals surface area contributed by atoms with Gasteiger partial charge < -0.3 is 14.0 Å². The van der Waals surface area contributed by atoms with Gasteiger partial charge in [-0.05, 0) is 43.3 Å². The van der Waals surface area contributed by atoms with Gasteiger partial charge in [0, 0.05) is 10.6 Å². The van der Waals surface area contributed by atoms with Crippen molar-refractivity contribution in [3.05, 3.63) is 57.9 Å². The average molecular weight is 405 g/mol. The number of rotatable bonds is 5. The highest BCUT2D eigenvalue weighted by molar-refractivity contribution is 7.16. The van der Waals surface area contributed by atoms with Gasteiger partial charge in [0.2, 0.25) is 0 Å². The van der Waals surface area contributed by atoms with Crippen molar-refractivity contribution >= 4 is 45.0 Å². The van der Waals surface area contributed by atoms with Gasteiger partial charge in [-0.2, -0.15) is 4.99 Å². The lowest BCUT2D eigenvalue weighted by molar-refractivity contribution is -0.143. The maximum absolute atomic E-state index is 12.6. The summed E-state index contributed by atoms with van der Waals surface area (Å²) in [5, 5.41) is 0.538. The lowest BCUT2D eigenvalue weighted by Crippen LogP contribution is -2.23. The number of esters is 1. The monoisotopic (exact) mass is 404 g/mol. The quantitative estimate of drug-likeness (QED) is 0.608. The molecule has 0 radical (unpaired) electrons. The molecular formula is C19H17ClN2O4S. The third-order valence-corrected chi connectivity index (χ3v) is 5.06. The summed E-state index contributed by atoms with van der Waals surface area (Å²) >= 11 is 7.17. The van der Waals surface area contributed by atoms with Crippen LogP contribution in [0.3, 0.4) is 0 Å². The number of benzene rings is 2. The fourth-order valence-electron chi connectivity index (χ4n) is 2.57. The molecule has 1 aromatic heterocycles. The van der Waals surface area contributed by atoms with Crippen LogP contribution in [0, 0.1) is 0 Å². The molecule has 0 aliphatic heterocycles. The second-order valence-electron chi connectivity index (χ2n) is 5.51.